The van der Waals surface area contributed by atoms with E-state index in [0.717, 1.165) is 78.4 Å². The zero-order valence-electron chi connectivity index (χ0n) is 15.5. The largest absolute Gasteiger partial charge is 0.384 e. The van der Waals surface area contributed by atoms with E-state index >= 15 is 0 Å². The van der Waals surface area contributed by atoms with Gasteiger partial charge >= 0.3 is 0 Å². The average Bonchev–Trinajstić information content (AvgIpc) is 2.93. The van der Waals surface area contributed by atoms with Crippen LogP contribution < -0.4 is 10.2 Å². The summed E-state index contributed by atoms with van der Waals surface area (Å²) in [6.07, 6.45) is 0.864. The van der Waals surface area contributed by atoms with Crippen molar-refractivity contribution in [3.63, 3.8) is 0 Å². The molecule has 5 rings (SSSR count). The van der Waals surface area contributed by atoms with E-state index in [9.17, 15) is 0 Å². The van der Waals surface area contributed by atoms with Crippen molar-refractivity contribution in [3.05, 3.63) is 59.1 Å². The van der Waals surface area contributed by atoms with Crippen LogP contribution >= 0.6 is 11.6 Å². The second kappa shape index (κ2) is 7.41. The maximum Gasteiger partial charge on any atom is 0.162 e. The van der Waals surface area contributed by atoms with E-state index in [1.54, 1.807) is 0 Å². The smallest absolute Gasteiger partial charge is 0.162 e. The Morgan fingerprint density at radius 3 is 2.64 bits per heavy atom. The molecule has 2 aromatic carbocycles. The third-order valence-electron chi connectivity index (χ3n) is 5.26. The van der Waals surface area contributed by atoms with Gasteiger partial charge in [-0.3, -0.25) is 0 Å². The molecule has 0 radical (unpaired) electrons. The fourth-order valence-electron chi connectivity index (χ4n) is 3.87. The molecule has 0 unspecified atom stereocenters. The van der Waals surface area contributed by atoms with Gasteiger partial charge in [0.2, 0.25) is 0 Å². The second-order valence-electron chi connectivity index (χ2n) is 7.03. The lowest BCUT2D eigenvalue weighted by atomic mass is 10.0. The van der Waals surface area contributed by atoms with Crippen LogP contribution in [0.3, 0.4) is 0 Å². The molecule has 6 heteroatoms. The van der Waals surface area contributed by atoms with Crippen molar-refractivity contribution >= 4 is 23.1 Å². The number of nitrogens with zero attached hydrogens (tertiary/aromatic N) is 3. The van der Waals surface area contributed by atoms with E-state index in [2.05, 4.69) is 28.4 Å². The summed E-state index contributed by atoms with van der Waals surface area (Å²) in [7, 11) is 0. The molecule has 1 saturated heterocycles. The SMILES string of the molecule is Clc1ccc2c(c1)NCCc1c-2nc(-c2ccccc2)nc1N1CCOCC1. The number of hydrogen-bond acceptors (Lipinski definition) is 5. The molecule has 0 bridgehead atoms. The van der Waals surface area contributed by atoms with Crippen LogP contribution in [0.2, 0.25) is 5.02 Å². The Balaban J connectivity index is 1.74. The summed E-state index contributed by atoms with van der Waals surface area (Å²) in [5.74, 6) is 1.78. The molecule has 3 aromatic rings. The van der Waals surface area contributed by atoms with E-state index < -0.39 is 0 Å². The lowest BCUT2D eigenvalue weighted by molar-refractivity contribution is 0.122. The van der Waals surface area contributed by atoms with Crippen LogP contribution in [0.4, 0.5) is 11.5 Å². The van der Waals surface area contributed by atoms with Crippen molar-refractivity contribution in [1.29, 1.82) is 0 Å². The van der Waals surface area contributed by atoms with E-state index in [1.807, 2.05) is 30.3 Å². The van der Waals surface area contributed by atoms with Crippen molar-refractivity contribution in [3.8, 4) is 22.6 Å². The third-order valence-corrected chi connectivity index (χ3v) is 5.49. The maximum atomic E-state index is 6.24. The normalized spacial score (nSPS) is 16.0. The zero-order valence-corrected chi connectivity index (χ0v) is 16.2. The van der Waals surface area contributed by atoms with Crippen LogP contribution in [0, 0.1) is 0 Å². The number of rotatable bonds is 2. The predicted octanol–water partition coefficient (Wildman–Crippen LogP) is 4.27. The lowest BCUT2D eigenvalue weighted by Crippen LogP contribution is -2.37. The first-order valence-electron chi connectivity index (χ1n) is 9.62. The number of aromatic nitrogens is 2. The number of morpholine rings is 1. The highest BCUT2D eigenvalue weighted by atomic mass is 35.5. The van der Waals surface area contributed by atoms with Gasteiger partial charge in [-0.05, 0) is 24.6 Å². The molecule has 28 heavy (non-hydrogen) atoms. The third kappa shape index (κ3) is 3.21. The Kier molecular flexibility index (Phi) is 4.63. The van der Waals surface area contributed by atoms with E-state index in [1.165, 1.54) is 5.56 Å². The molecule has 2 aliphatic heterocycles. The summed E-state index contributed by atoms with van der Waals surface area (Å²) >= 11 is 6.24. The number of fused-ring (bicyclic) bond motifs is 3. The molecule has 0 saturated carbocycles. The van der Waals surface area contributed by atoms with Gasteiger partial charge < -0.3 is 15.0 Å². The number of ether oxygens (including phenoxy) is 1. The molecule has 1 aromatic heterocycles. The minimum Gasteiger partial charge on any atom is -0.384 e. The monoisotopic (exact) mass is 392 g/mol. The van der Waals surface area contributed by atoms with Crippen LogP contribution in [0.5, 0.6) is 0 Å². The number of halogens is 1. The summed E-state index contributed by atoms with van der Waals surface area (Å²) in [4.78, 5) is 12.4. The highest BCUT2D eigenvalue weighted by Crippen LogP contribution is 2.38. The van der Waals surface area contributed by atoms with E-state index in [-0.39, 0.29) is 0 Å². The van der Waals surface area contributed by atoms with Gasteiger partial charge in [-0.15, -0.1) is 0 Å². The standard InChI is InChI=1S/C22H21ClN4O/c23-16-6-7-17-19(14-16)24-9-8-18-20(17)25-21(15-4-2-1-3-5-15)26-22(18)27-10-12-28-13-11-27/h1-7,14,24H,8-13H2. The first-order valence-corrected chi connectivity index (χ1v) is 10.0. The predicted molar refractivity (Wildman–Crippen MR) is 113 cm³/mol. The van der Waals surface area contributed by atoms with Crippen molar-refractivity contribution in [2.24, 2.45) is 0 Å². The molecule has 1 fully saturated rings. The van der Waals surface area contributed by atoms with Gasteiger partial charge in [0.25, 0.3) is 0 Å². The molecule has 2 aliphatic rings. The Bertz CT molecular complexity index is 1000. The minimum absolute atomic E-state index is 0.723. The van der Waals surface area contributed by atoms with E-state index in [4.69, 9.17) is 26.3 Å². The number of anilines is 2. The molecule has 142 valence electrons. The average molecular weight is 393 g/mol. The Hall–Kier alpha value is -2.63. The summed E-state index contributed by atoms with van der Waals surface area (Å²) in [5, 5.41) is 4.23. The summed E-state index contributed by atoms with van der Waals surface area (Å²) in [6.45, 7) is 3.97. The van der Waals surface area contributed by atoms with Crippen LogP contribution in [0.15, 0.2) is 48.5 Å². The van der Waals surface area contributed by atoms with Gasteiger partial charge in [0.1, 0.15) is 5.82 Å². The number of hydrogen-bond donors (Lipinski definition) is 1. The van der Waals surface area contributed by atoms with Crippen LogP contribution in [0.1, 0.15) is 5.56 Å². The van der Waals surface area contributed by atoms with Gasteiger partial charge in [-0.25, -0.2) is 9.97 Å². The molecule has 0 aliphatic carbocycles. The van der Waals surface area contributed by atoms with Crippen LogP contribution in [0.25, 0.3) is 22.6 Å². The second-order valence-corrected chi connectivity index (χ2v) is 7.47. The number of nitrogens with one attached hydrogen (secondary N) is 1. The summed E-state index contributed by atoms with van der Waals surface area (Å²) < 4.78 is 5.56. The van der Waals surface area contributed by atoms with Crippen LogP contribution in [-0.4, -0.2) is 42.8 Å². The fraction of sp³-hybridized carbons (Fsp3) is 0.273. The Morgan fingerprint density at radius 2 is 1.82 bits per heavy atom. The minimum atomic E-state index is 0.723. The van der Waals surface area contributed by atoms with Crippen molar-refractivity contribution < 1.29 is 4.74 Å². The first kappa shape index (κ1) is 17.5. The molecule has 5 nitrogen and oxygen atoms in total. The highest BCUT2D eigenvalue weighted by molar-refractivity contribution is 6.31. The molecular weight excluding hydrogens is 372 g/mol. The lowest BCUT2D eigenvalue weighted by Gasteiger charge is -2.30. The Morgan fingerprint density at radius 1 is 1.00 bits per heavy atom. The zero-order chi connectivity index (χ0) is 18.9. The van der Waals surface area contributed by atoms with Crippen molar-refractivity contribution in [2.75, 3.05) is 43.1 Å². The number of benzene rings is 2. The highest BCUT2D eigenvalue weighted by Gasteiger charge is 2.25. The van der Waals surface area contributed by atoms with E-state index in [0.29, 0.717) is 0 Å². The molecule has 3 heterocycles. The van der Waals surface area contributed by atoms with Crippen molar-refractivity contribution in [1.82, 2.24) is 9.97 Å². The molecule has 1 N–H and O–H groups in total. The first-order chi connectivity index (χ1) is 13.8. The molecule has 0 spiro atoms. The van der Waals surface area contributed by atoms with Crippen molar-refractivity contribution in [2.45, 2.75) is 6.42 Å². The van der Waals surface area contributed by atoms with Crippen LogP contribution in [-0.2, 0) is 11.2 Å². The van der Waals surface area contributed by atoms with Gasteiger partial charge in [-0.2, -0.15) is 0 Å². The quantitative estimate of drug-likeness (QED) is 0.705. The molecule has 0 atom stereocenters. The maximum absolute atomic E-state index is 6.24. The Labute approximate surface area is 169 Å². The summed E-state index contributed by atoms with van der Waals surface area (Å²) in [5.41, 5.74) is 5.30. The van der Waals surface area contributed by atoms with Gasteiger partial charge in [0, 0.05) is 47.0 Å². The fourth-order valence-corrected chi connectivity index (χ4v) is 4.04. The molecule has 0 amide bonds. The van der Waals surface area contributed by atoms with Gasteiger partial charge in [-0.1, -0.05) is 41.9 Å². The van der Waals surface area contributed by atoms with Gasteiger partial charge in [0.05, 0.1) is 18.9 Å². The molecular formula is C22H21ClN4O. The van der Waals surface area contributed by atoms with Gasteiger partial charge in [0.15, 0.2) is 5.82 Å². The summed E-state index contributed by atoms with van der Waals surface area (Å²) in [6, 6.07) is 16.1. The topological polar surface area (TPSA) is 50.3 Å².